The second-order valence-corrected chi connectivity index (χ2v) is 8.98. The maximum atomic E-state index is 13.1. The Morgan fingerprint density at radius 2 is 1.66 bits per heavy atom. The number of carbonyl (C=O) groups excluding carboxylic acids is 1. The number of rotatable bonds is 3. The van der Waals surface area contributed by atoms with Crippen LogP contribution in [0.1, 0.15) is 22.3 Å². The third-order valence-corrected chi connectivity index (χ3v) is 6.59. The summed E-state index contributed by atoms with van der Waals surface area (Å²) in [5, 5.41) is 10.2. The number of carbonyl (C=O) groups is 1. The third kappa shape index (κ3) is 3.89. The van der Waals surface area contributed by atoms with Crippen LogP contribution in [0, 0.1) is 6.92 Å². The number of aryl methyl sites for hydroxylation is 1. The number of para-hydroxylation sites is 1. The topological polar surface area (TPSA) is 66.6 Å². The van der Waals surface area contributed by atoms with E-state index in [1.807, 2.05) is 65.6 Å². The van der Waals surface area contributed by atoms with Gasteiger partial charge in [-0.1, -0.05) is 54.1 Å². The number of anilines is 1. The van der Waals surface area contributed by atoms with Crippen molar-refractivity contribution in [1.29, 1.82) is 0 Å². The van der Waals surface area contributed by atoms with Gasteiger partial charge in [0.15, 0.2) is 11.5 Å². The second kappa shape index (κ2) is 8.83. The summed E-state index contributed by atoms with van der Waals surface area (Å²) < 4.78 is 2.08. The summed E-state index contributed by atoms with van der Waals surface area (Å²) in [5.41, 5.74) is 4.59. The van der Waals surface area contributed by atoms with Crippen molar-refractivity contribution < 1.29 is 4.79 Å². The van der Waals surface area contributed by atoms with Gasteiger partial charge < -0.3 is 9.80 Å². The van der Waals surface area contributed by atoms with Crippen LogP contribution in [0.2, 0.25) is 0 Å². The molecule has 0 N–H and O–H groups in total. The fourth-order valence-corrected chi connectivity index (χ4v) is 4.83. The SMILES string of the molecule is Cc1cccc(-c2nnc3c4ccccc4nc(N4CCCN(C(=O)c5ccccc5)CC4)n23)c1. The van der Waals surface area contributed by atoms with Gasteiger partial charge in [-0.25, -0.2) is 9.38 Å². The van der Waals surface area contributed by atoms with Gasteiger partial charge in [-0.15, -0.1) is 10.2 Å². The van der Waals surface area contributed by atoms with Crippen molar-refractivity contribution >= 4 is 28.4 Å². The maximum Gasteiger partial charge on any atom is 0.253 e. The first-order valence-corrected chi connectivity index (χ1v) is 12.0. The predicted molar refractivity (Wildman–Crippen MR) is 138 cm³/mol. The maximum absolute atomic E-state index is 13.1. The lowest BCUT2D eigenvalue weighted by atomic mass is 10.1. The van der Waals surface area contributed by atoms with Gasteiger partial charge in [-0.05, 0) is 43.7 Å². The molecule has 1 fully saturated rings. The molecular formula is C28H26N6O. The highest BCUT2D eigenvalue weighted by molar-refractivity contribution is 5.94. The Morgan fingerprint density at radius 3 is 2.51 bits per heavy atom. The van der Waals surface area contributed by atoms with E-state index in [0.717, 1.165) is 52.4 Å². The molecule has 5 aromatic rings. The van der Waals surface area contributed by atoms with Gasteiger partial charge in [0.2, 0.25) is 5.95 Å². The van der Waals surface area contributed by atoms with Crippen molar-refractivity contribution in [2.75, 3.05) is 31.1 Å². The standard InChI is InChI=1S/C28H26N6O/c1-20-9-7-12-22(19-20)25-30-31-26-23-13-5-6-14-24(23)29-28(34(25)26)33-16-8-15-32(17-18-33)27(35)21-10-3-2-4-11-21/h2-7,9-14,19H,8,15-18H2,1H3. The number of hydrogen-bond donors (Lipinski definition) is 0. The molecule has 7 nitrogen and oxygen atoms in total. The van der Waals surface area contributed by atoms with Crippen molar-refractivity contribution in [3.8, 4) is 11.4 Å². The Balaban J connectivity index is 1.42. The number of nitrogens with zero attached hydrogens (tertiary/aromatic N) is 6. The normalized spacial score (nSPS) is 14.4. The first-order chi connectivity index (χ1) is 17.2. The fraction of sp³-hybridized carbons (Fsp3) is 0.214. The van der Waals surface area contributed by atoms with Crippen molar-refractivity contribution in [2.24, 2.45) is 0 Å². The molecule has 0 aliphatic carbocycles. The molecule has 1 amide bonds. The molecule has 1 aliphatic heterocycles. The summed E-state index contributed by atoms with van der Waals surface area (Å²) in [6, 6.07) is 25.9. The van der Waals surface area contributed by atoms with Crippen molar-refractivity contribution in [3.05, 3.63) is 90.0 Å². The van der Waals surface area contributed by atoms with Gasteiger partial charge in [-0.3, -0.25) is 4.79 Å². The van der Waals surface area contributed by atoms with Gasteiger partial charge >= 0.3 is 0 Å². The summed E-state index contributed by atoms with van der Waals surface area (Å²) in [7, 11) is 0. The summed E-state index contributed by atoms with van der Waals surface area (Å²) >= 11 is 0. The molecule has 1 aliphatic rings. The van der Waals surface area contributed by atoms with Crippen molar-refractivity contribution in [3.63, 3.8) is 0 Å². The molecule has 3 aromatic carbocycles. The largest absolute Gasteiger partial charge is 0.340 e. The number of benzene rings is 3. The molecule has 1 saturated heterocycles. The monoisotopic (exact) mass is 462 g/mol. The minimum atomic E-state index is 0.0776. The highest BCUT2D eigenvalue weighted by atomic mass is 16.2. The zero-order valence-corrected chi connectivity index (χ0v) is 19.6. The molecule has 7 heteroatoms. The first kappa shape index (κ1) is 21.3. The van der Waals surface area contributed by atoms with Gasteiger partial charge in [0.05, 0.1) is 5.52 Å². The zero-order valence-electron chi connectivity index (χ0n) is 19.6. The van der Waals surface area contributed by atoms with E-state index < -0.39 is 0 Å². The van der Waals surface area contributed by atoms with E-state index in [9.17, 15) is 4.79 Å². The highest BCUT2D eigenvalue weighted by Crippen LogP contribution is 2.29. The molecule has 0 radical (unpaired) electrons. The molecule has 0 bridgehead atoms. The van der Waals surface area contributed by atoms with Crippen LogP contribution in [0.4, 0.5) is 5.95 Å². The van der Waals surface area contributed by atoms with Crippen LogP contribution in [-0.2, 0) is 0 Å². The summed E-state index contributed by atoms with van der Waals surface area (Å²) in [6.07, 6.45) is 0.858. The van der Waals surface area contributed by atoms with Crippen LogP contribution in [0.15, 0.2) is 78.9 Å². The average Bonchev–Trinajstić information content (AvgIpc) is 3.20. The smallest absolute Gasteiger partial charge is 0.253 e. The Hall–Kier alpha value is -4.26. The summed E-state index contributed by atoms with van der Waals surface area (Å²) in [6.45, 7) is 4.91. The van der Waals surface area contributed by atoms with Gasteiger partial charge in [0.25, 0.3) is 5.91 Å². The molecule has 35 heavy (non-hydrogen) atoms. The number of fused-ring (bicyclic) bond motifs is 3. The minimum absolute atomic E-state index is 0.0776. The quantitative estimate of drug-likeness (QED) is 0.392. The molecule has 0 atom stereocenters. The average molecular weight is 463 g/mol. The lowest BCUT2D eigenvalue weighted by Gasteiger charge is -2.24. The van der Waals surface area contributed by atoms with Crippen LogP contribution < -0.4 is 4.90 Å². The number of aromatic nitrogens is 4. The van der Waals surface area contributed by atoms with Gasteiger partial charge in [-0.2, -0.15) is 0 Å². The van der Waals surface area contributed by atoms with Crippen molar-refractivity contribution in [2.45, 2.75) is 13.3 Å². The van der Waals surface area contributed by atoms with Crippen LogP contribution in [0.25, 0.3) is 27.9 Å². The summed E-state index contributed by atoms with van der Waals surface area (Å²) in [4.78, 5) is 22.4. The molecule has 0 spiro atoms. The Morgan fingerprint density at radius 1 is 0.829 bits per heavy atom. The van der Waals surface area contributed by atoms with Gasteiger partial charge in [0.1, 0.15) is 0 Å². The zero-order chi connectivity index (χ0) is 23.8. The van der Waals surface area contributed by atoms with Crippen LogP contribution in [0.3, 0.4) is 0 Å². The molecule has 0 saturated carbocycles. The minimum Gasteiger partial charge on any atom is -0.340 e. The fourth-order valence-electron chi connectivity index (χ4n) is 4.83. The Labute approximate surface area is 203 Å². The number of hydrogen-bond acceptors (Lipinski definition) is 5. The van der Waals surface area contributed by atoms with E-state index in [2.05, 4.69) is 44.6 Å². The van der Waals surface area contributed by atoms with E-state index in [1.165, 1.54) is 5.56 Å². The van der Waals surface area contributed by atoms with E-state index in [0.29, 0.717) is 19.6 Å². The summed E-state index contributed by atoms with van der Waals surface area (Å²) in [5.74, 6) is 1.67. The third-order valence-electron chi connectivity index (χ3n) is 6.59. The lowest BCUT2D eigenvalue weighted by molar-refractivity contribution is 0.0767. The molecule has 2 aromatic heterocycles. The second-order valence-electron chi connectivity index (χ2n) is 8.98. The molecular weight excluding hydrogens is 436 g/mol. The lowest BCUT2D eigenvalue weighted by Crippen LogP contribution is -2.35. The van der Waals surface area contributed by atoms with Crippen LogP contribution >= 0.6 is 0 Å². The first-order valence-electron chi connectivity index (χ1n) is 12.0. The van der Waals surface area contributed by atoms with Gasteiger partial charge in [0, 0.05) is 42.7 Å². The van der Waals surface area contributed by atoms with E-state index in [4.69, 9.17) is 4.98 Å². The van der Waals surface area contributed by atoms with Crippen LogP contribution in [-0.4, -0.2) is 56.6 Å². The van der Waals surface area contributed by atoms with E-state index in [1.54, 1.807) is 0 Å². The van der Waals surface area contributed by atoms with E-state index >= 15 is 0 Å². The molecule has 3 heterocycles. The molecule has 0 unspecified atom stereocenters. The van der Waals surface area contributed by atoms with E-state index in [-0.39, 0.29) is 5.91 Å². The molecule has 6 rings (SSSR count). The number of amides is 1. The highest BCUT2D eigenvalue weighted by Gasteiger charge is 2.25. The van der Waals surface area contributed by atoms with Crippen LogP contribution in [0.5, 0.6) is 0 Å². The van der Waals surface area contributed by atoms with Crippen molar-refractivity contribution in [1.82, 2.24) is 24.5 Å². The predicted octanol–water partition coefficient (Wildman–Crippen LogP) is 4.61. The molecule has 174 valence electrons. The Kier molecular flexibility index (Phi) is 5.37. The Bertz CT molecular complexity index is 1530.